The third-order valence-electron chi connectivity index (χ3n) is 25.2. The second-order valence-electron chi connectivity index (χ2n) is 36.2. The van der Waals surface area contributed by atoms with Gasteiger partial charge in [0.1, 0.15) is 46.4 Å². The monoisotopic (exact) mass is 1860 g/mol. The highest BCUT2D eigenvalue weighted by Gasteiger charge is 2.51. The van der Waals surface area contributed by atoms with Gasteiger partial charge in [-0.1, -0.05) is 104 Å². The molecule has 33 nitrogen and oxygen atoms in total. The first-order chi connectivity index (χ1) is 60.3. The minimum absolute atomic E-state index is 0.0129. The van der Waals surface area contributed by atoms with E-state index in [9.17, 15) is 90.2 Å². The van der Waals surface area contributed by atoms with Gasteiger partial charge in [0.05, 0.1) is 128 Å². The number of anilines is 2. The Hall–Kier alpha value is -10.2. The molecule has 700 valence electrons. The van der Waals surface area contributed by atoms with Gasteiger partial charge in [-0.15, -0.1) is 5.06 Å². The van der Waals surface area contributed by atoms with E-state index in [4.69, 9.17) is 9.94 Å². The number of amides is 4. The standard InChI is InChI=1S/C48H62N6O12S2.C44H59N5O10S2/c1-8-9-14-25-53-38-17-13-12-16-34(38)47(2,3)40(53)29-33-44(32(45(33)58)28-39-48(4,5)35-27-31(68(63,64)65)19-20-37(35)52(39)7)50-36(30-67(60,61)62)46(59)49-23-26-51(6)24-15-10-11-18-43(57)66-54-41(55)21-22-42(54)56;1-8-9-14-23-49-36-17-13-12-16-32(36)43(2,3)38(49)27-31-40(46-34(28-60(54,55)56)42(53)45-21-24-47(6)22-15-10-11-18-39(50)51)30(41(31)52)26-37-44(4,5)33-25-29(61(57,58)59)19-20-35(33)48(37)7/h12-13,16-17,19-20,27-29,36H,8-11,14-15,18,21-26,30H2,1-7H3,(H3-,49,50,58,59,60,61,62,63,64,65);12-13,16-17,19-20,25-27,34H,8-11,14-15,18,21-24,28H2,1-7H3,(H4-,45,46,50,51,52,53,54,55,56,57,58,59). The summed E-state index contributed by atoms with van der Waals surface area (Å²) < 4.78 is 150. The zero-order valence-corrected chi connectivity index (χ0v) is 79.1. The number of allylic oxidation sites excluding steroid dienone is 10. The molecule has 0 bridgehead atoms. The van der Waals surface area contributed by atoms with Crippen molar-refractivity contribution in [2.75, 3.05) is 102 Å². The maximum absolute atomic E-state index is 14.6. The Bertz CT molecular complexity index is 5840. The van der Waals surface area contributed by atoms with Crippen LogP contribution in [0.3, 0.4) is 0 Å². The van der Waals surface area contributed by atoms with E-state index in [1.807, 2.05) is 84.3 Å². The fourth-order valence-corrected chi connectivity index (χ4v) is 20.2. The van der Waals surface area contributed by atoms with Crippen molar-refractivity contribution in [2.45, 2.75) is 216 Å². The van der Waals surface area contributed by atoms with E-state index in [2.05, 4.69) is 78.7 Å². The fraction of sp³-hybridized carbons (Fsp3) is 0.500. The summed E-state index contributed by atoms with van der Waals surface area (Å²) in [7, 11) is -12.2. The molecular formula is C92H121N11O22S4. The Labute approximate surface area is 756 Å². The van der Waals surface area contributed by atoms with E-state index in [1.54, 1.807) is 47.6 Å². The van der Waals surface area contributed by atoms with Crippen molar-refractivity contribution in [1.29, 1.82) is 0 Å². The van der Waals surface area contributed by atoms with Gasteiger partial charge in [0.2, 0.25) is 23.2 Å². The number of carboxylic acid groups (broad SMARTS) is 1. The van der Waals surface area contributed by atoms with E-state index in [0.717, 1.165) is 102 Å². The molecule has 0 saturated carbocycles. The number of nitrogens with zero attached hydrogens (tertiary/aromatic N) is 5. The predicted molar refractivity (Wildman–Crippen MR) is 480 cm³/mol. The number of rotatable bonds is 43. The normalized spacial score (nSPS) is 19.5. The third kappa shape index (κ3) is 23.6. The fourth-order valence-electron chi connectivity index (χ4n) is 17.9. The van der Waals surface area contributed by atoms with Crippen molar-refractivity contribution in [3.63, 3.8) is 0 Å². The highest BCUT2D eigenvalue weighted by atomic mass is 32.2. The Kier molecular flexibility index (Phi) is 32.1. The molecule has 11 rings (SSSR count). The summed E-state index contributed by atoms with van der Waals surface area (Å²) in [6.45, 7) is 23.7. The minimum Gasteiger partial charge on any atom is -0.748 e. The second kappa shape index (κ2) is 41.1. The summed E-state index contributed by atoms with van der Waals surface area (Å²) in [5, 5.41) is 21.0. The minimum atomic E-state index is -5.01. The lowest BCUT2D eigenvalue weighted by atomic mass is 9.76. The first kappa shape index (κ1) is 101. The number of Topliss-reactive ketones (excluding diaryl/α,β-unsaturated/α-hetero) is 2. The molecule has 4 aromatic rings. The van der Waals surface area contributed by atoms with Crippen LogP contribution >= 0.6 is 0 Å². The molecule has 0 radical (unpaired) electrons. The third-order valence-corrected chi connectivity index (χ3v) is 28.4. The lowest BCUT2D eigenvalue weighted by Gasteiger charge is -2.33. The lowest BCUT2D eigenvalue weighted by Crippen LogP contribution is -3.09. The molecule has 4 aromatic carbocycles. The van der Waals surface area contributed by atoms with Crippen LogP contribution in [0.4, 0.5) is 22.7 Å². The van der Waals surface area contributed by atoms with Gasteiger partial charge in [0, 0.05) is 119 Å². The number of benzene rings is 4. The van der Waals surface area contributed by atoms with Crippen molar-refractivity contribution < 1.29 is 119 Å². The van der Waals surface area contributed by atoms with Crippen LogP contribution < -0.4 is 40.9 Å². The van der Waals surface area contributed by atoms with Crippen LogP contribution in [0.1, 0.15) is 194 Å². The molecule has 7 aliphatic rings. The predicted octanol–water partition coefficient (Wildman–Crippen LogP) is 5.54. The number of quaternary nitrogens is 2. The average Bonchev–Trinajstić information content (AvgIpc) is 1.60. The number of carboxylic acids is 1. The number of nitrogens with one attached hydrogen (secondary N) is 6. The summed E-state index contributed by atoms with van der Waals surface area (Å²) >= 11 is 0. The Balaban J connectivity index is 0.000000270. The van der Waals surface area contributed by atoms with E-state index >= 15 is 0 Å². The molecule has 129 heavy (non-hydrogen) atoms. The van der Waals surface area contributed by atoms with Gasteiger partial charge in [-0.05, 0) is 139 Å². The summed E-state index contributed by atoms with van der Waals surface area (Å²) in [5.74, 6) is -7.12. The number of hydrogen-bond donors (Lipinski definition) is 7. The molecule has 7 N–H and O–H groups in total. The highest BCUT2D eigenvalue weighted by molar-refractivity contribution is 7.86. The van der Waals surface area contributed by atoms with Gasteiger partial charge < -0.3 is 69.0 Å². The Morgan fingerprint density at radius 3 is 1.24 bits per heavy atom. The number of imide groups is 1. The first-order valence-corrected chi connectivity index (χ1v) is 49.8. The molecule has 0 spiro atoms. The number of hydrogen-bond acceptors (Lipinski definition) is 25. The molecular weight excluding hydrogens is 1740 g/mol. The molecule has 4 atom stereocenters. The van der Waals surface area contributed by atoms with Crippen LogP contribution in [0.25, 0.3) is 0 Å². The molecule has 4 amide bonds. The quantitative estimate of drug-likeness (QED) is 0.00939. The topological polar surface area (TPSA) is 468 Å². The van der Waals surface area contributed by atoms with Crippen LogP contribution in [0.5, 0.6) is 0 Å². The Morgan fingerprint density at radius 1 is 0.496 bits per heavy atom. The van der Waals surface area contributed by atoms with Crippen LogP contribution in [-0.4, -0.2) is 234 Å². The number of hydroxylamine groups is 2. The largest absolute Gasteiger partial charge is 0.748 e. The van der Waals surface area contributed by atoms with E-state index in [-0.39, 0.29) is 78.2 Å². The number of fused-ring (bicyclic) bond motifs is 4. The van der Waals surface area contributed by atoms with Crippen LogP contribution in [-0.2, 0) is 105 Å². The van der Waals surface area contributed by atoms with Crippen molar-refractivity contribution in [1.82, 2.24) is 26.3 Å². The highest BCUT2D eigenvalue weighted by Crippen LogP contribution is 2.52. The summed E-state index contributed by atoms with van der Waals surface area (Å²) in [6, 6.07) is 21.0. The molecule has 4 unspecified atom stereocenters. The molecule has 2 aliphatic carbocycles. The van der Waals surface area contributed by atoms with Gasteiger partial charge in [0.25, 0.3) is 11.8 Å². The summed E-state index contributed by atoms with van der Waals surface area (Å²) in [5.41, 5.74) is 7.19. The number of carbonyl (C=O) groups is 8. The van der Waals surface area contributed by atoms with Gasteiger partial charge in [-0.2, -0.15) is 9.15 Å². The molecule has 5 heterocycles. The number of likely N-dealkylation sites (N-methyl/N-ethyl adjacent to an activating group) is 2. The lowest BCUT2D eigenvalue weighted by molar-refractivity contribution is -0.878. The SMILES string of the molecule is CCCCCN1/C(=C/C2=C(NC(CS(=O)(=O)[O-])C(=O)NCC[NH+](C)CCCCCC(=O)O)C(=C/C3=[N+](C)c4ccc(S(=O)(=O)[O-])cc4C3(C)C)/C2=O)C(C)(C)c2ccccc21.CCCCCN1/C(=C/C2=C(NC(CS(=O)(=O)[O-])C(=O)NCC[NH+](C)CCCCCC(=O)ON3C(=O)CCC3=O)C(=C/C3=[N+](C)c4ccc(S(=O)(=O)[O-])cc4C3(C)C)/C2=O)C(C)(C)c2ccccc21. The number of ketones is 2. The van der Waals surface area contributed by atoms with Crippen LogP contribution in [0.15, 0.2) is 164 Å². The van der Waals surface area contributed by atoms with Crippen molar-refractivity contribution in [2.24, 2.45) is 0 Å². The van der Waals surface area contributed by atoms with E-state index in [0.29, 0.717) is 97.4 Å². The number of para-hydroxylation sites is 2. The maximum Gasteiger partial charge on any atom is 0.333 e. The molecule has 1 saturated heterocycles. The van der Waals surface area contributed by atoms with Crippen molar-refractivity contribution in [3.8, 4) is 0 Å². The summed E-state index contributed by atoms with van der Waals surface area (Å²) in [4.78, 5) is 114. The van der Waals surface area contributed by atoms with Gasteiger partial charge >= 0.3 is 11.9 Å². The number of carbonyl (C=O) groups excluding carboxylic acids is 7. The van der Waals surface area contributed by atoms with Crippen LogP contribution in [0.2, 0.25) is 0 Å². The van der Waals surface area contributed by atoms with E-state index < -0.39 is 137 Å². The first-order valence-electron chi connectivity index (χ1n) is 43.9. The molecule has 5 aliphatic heterocycles. The van der Waals surface area contributed by atoms with Gasteiger partial charge in [-0.25, -0.2) is 38.5 Å². The second-order valence-corrected chi connectivity index (χ2v) is 41.9. The zero-order valence-electron chi connectivity index (χ0n) is 75.8. The molecule has 1 fully saturated rings. The van der Waals surface area contributed by atoms with Gasteiger partial charge in [0.15, 0.2) is 23.0 Å². The molecule has 0 aromatic heterocycles. The van der Waals surface area contributed by atoms with Crippen LogP contribution in [0, 0.1) is 0 Å². The van der Waals surface area contributed by atoms with Crippen molar-refractivity contribution in [3.05, 3.63) is 177 Å². The van der Waals surface area contributed by atoms with E-state index in [1.165, 1.54) is 36.4 Å². The van der Waals surface area contributed by atoms with Gasteiger partial charge in [-0.3, -0.25) is 33.6 Å². The molecule has 37 heteroatoms. The smallest absolute Gasteiger partial charge is 0.333 e. The number of unbranched alkanes of at least 4 members (excludes halogenated alkanes) is 8. The summed E-state index contributed by atoms with van der Waals surface area (Å²) in [6.07, 6.45) is 16.6. The number of aliphatic carboxylic acids is 1. The maximum atomic E-state index is 14.6. The Morgan fingerprint density at radius 2 is 0.876 bits per heavy atom. The zero-order chi connectivity index (χ0) is 95.0. The van der Waals surface area contributed by atoms with Crippen molar-refractivity contribution >= 4 is 122 Å². The average molecular weight is 1860 g/mol.